The van der Waals surface area contributed by atoms with E-state index in [-0.39, 0.29) is 11.9 Å². The molecule has 0 aliphatic carbocycles. The highest BCUT2D eigenvalue weighted by Crippen LogP contribution is 2.34. The fourth-order valence-electron chi connectivity index (χ4n) is 3.88. The van der Waals surface area contributed by atoms with Gasteiger partial charge in [0.05, 0.1) is 23.3 Å². The fraction of sp³-hybridized carbons (Fsp3) is 0.409. The Morgan fingerprint density at radius 1 is 1.12 bits per heavy atom. The summed E-state index contributed by atoms with van der Waals surface area (Å²) >= 11 is 0. The molecule has 26 heavy (non-hydrogen) atoms. The molecule has 0 aromatic heterocycles. The molecule has 1 aliphatic rings. The average Bonchev–Trinajstić information content (AvgIpc) is 2.64. The zero-order chi connectivity index (χ0) is 18.7. The number of carbonyl (C=O) groups is 1. The van der Waals surface area contributed by atoms with Crippen LogP contribution in [0.25, 0.3) is 0 Å². The van der Waals surface area contributed by atoms with Crippen LogP contribution in [0.2, 0.25) is 0 Å². The summed E-state index contributed by atoms with van der Waals surface area (Å²) in [7, 11) is -1.08. The molecule has 1 heterocycles. The minimum Gasteiger partial charge on any atom is -0.335 e. The molecule has 3 nitrogen and oxygen atoms in total. The average molecular weight is 370 g/mol. The molecule has 0 spiro atoms. The van der Waals surface area contributed by atoms with Crippen LogP contribution in [0.3, 0.4) is 0 Å². The lowest BCUT2D eigenvalue weighted by Gasteiger charge is -2.37. The predicted molar refractivity (Wildman–Crippen MR) is 107 cm³/mol. The molecule has 0 bridgehead atoms. The third-order valence-corrected chi connectivity index (χ3v) is 6.47. The van der Waals surface area contributed by atoms with E-state index in [1.54, 1.807) is 6.26 Å². The van der Waals surface area contributed by atoms with Crippen molar-refractivity contribution in [1.82, 2.24) is 4.90 Å². The van der Waals surface area contributed by atoms with E-state index in [1.165, 1.54) is 16.7 Å². The van der Waals surface area contributed by atoms with Crippen LogP contribution in [0.1, 0.15) is 47.6 Å². The largest absolute Gasteiger partial charge is 0.335 e. The quantitative estimate of drug-likeness (QED) is 0.804. The second kappa shape index (κ2) is 8.17. The number of likely N-dealkylation sites (tertiary alicyclic amines) is 1. The molecule has 138 valence electrons. The van der Waals surface area contributed by atoms with Gasteiger partial charge in [0.1, 0.15) is 0 Å². The van der Waals surface area contributed by atoms with Gasteiger partial charge in [-0.15, -0.1) is 0 Å². The second-order valence-electron chi connectivity index (χ2n) is 7.13. The van der Waals surface area contributed by atoms with Crippen molar-refractivity contribution >= 4 is 16.7 Å². The Morgan fingerprint density at radius 2 is 1.88 bits per heavy atom. The van der Waals surface area contributed by atoms with Gasteiger partial charge in [0.2, 0.25) is 5.91 Å². The van der Waals surface area contributed by atoms with Gasteiger partial charge >= 0.3 is 0 Å². The van der Waals surface area contributed by atoms with Crippen molar-refractivity contribution in [2.75, 3.05) is 12.8 Å². The van der Waals surface area contributed by atoms with E-state index < -0.39 is 10.8 Å². The molecule has 0 saturated carbocycles. The lowest BCUT2D eigenvalue weighted by atomic mass is 9.90. The minimum absolute atomic E-state index is 0.133. The molecule has 0 unspecified atom stereocenters. The lowest BCUT2D eigenvalue weighted by molar-refractivity contribution is -0.134. The summed E-state index contributed by atoms with van der Waals surface area (Å²) in [6.07, 6.45) is 5.20. The molecular formula is C22H27NO2S. The molecule has 0 radical (unpaired) electrons. The van der Waals surface area contributed by atoms with E-state index in [4.69, 9.17) is 0 Å². The minimum atomic E-state index is -1.08. The summed E-state index contributed by atoms with van der Waals surface area (Å²) in [5.41, 5.74) is 4.70. The first-order valence-corrected chi connectivity index (χ1v) is 10.8. The number of benzene rings is 2. The Bertz CT molecular complexity index is 831. The van der Waals surface area contributed by atoms with Crippen LogP contribution < -0.4 is 0 Å². The molecule has 0 N–H and O–H groups in total. The summed E-state index contributed by atoms with van der Waals surface area (Å²) in [4.78, 5) is 16.0. The van der Waals surface area contributed by atoms with Crippen molar-refractivity contribution in [2.24, 2.45) is 0 Å². The highest BCUT2D eigenvalue weighted by atomic mass is 32.2. The van der Waals surface area contributed by atoms with Crippen LogP contribution in [-0.4, -0.2) is 27.8 Å². The van der Waals surface area contributed by atoms with Gasteiger partial charge in [-0.2, -0.15) is 0 Å². The van der Waals surface area contributed by atoms with Crippen molar-refractivity contribution < 1.29 is 9.00 Å². The number of amides is 1. The van der Waals surface area contributed by atoms with E-state index >= 15 is 0 Å². The molecular weight excluding hydrogens is 342 g/mol. The Kier molecular flexibility index (Phi) is 5.92. The fourth-order valence-corrected chi connectivity index (χ4v) is 4.66. The van der Waals surface area contributed by atoms with Crippen LogP contribution >= 0.6 is 0 Å². The second-order valence-corrected chi connectivity index (χ2v) is 8.47. The maximum absolute atomic E-state index is 13.1. The smallest absolute Gasteiger partial charge is 0.227 e. The number of rotatable bonds is 4. The van der Waals surface area contributed by atoms with Crippen LogP contribution in [0.15, 0.2) is 47.4 Å². The number of hydrogen-bond acceptors (Lipinski definition) is 2. The van der Waals surface area contributed by atoms with Gasteiger partial charge in [-0.1, -0.05) is 36.4 Å². The summed E-state index contributed by atoms with van der Waals surface area (Å²) in [6, 6.07) is 14.1. The predicted octanol–water partition coefficient (Wildman–Crippen LogP) is 4.34. The Hall–Kier alpha value is -1.94. The third-order valence-electron chi connectivity index (χ3n) is 5.45. The first-order chi connectivity index (χ1) is 12.5. The first-order valence-electron chi connectivity index (χ1n) is 9.26. The maximum atomic E-state index is 13.1. The summed E-state index contributed by atoms with van der Waals surface area (Å²) in [5.74, 6) is 0.133. The molecule has 3 rings (SSSR count). The molecule has 2 aromatic rings. The number of carbonyl (C=O) groups excluding carboxylic acids is 1. The van der Waals surface area contributed by atoms with Gasteiger partial charge in [0, 0.05) is 17.7 Å². The molecule has 2 aromatic carbocycles. The Labute approximate surface area is 158 Å². The molecule has 1 aliphatic heterocycles. The Morgan fingerprint density at radius 3 is 2.65 bits per heavy atom. The highest BCUT2D eigenvalue weighted by Gasteiger charge is 2.29. The van der Waals surface area contributed by atoms with E-state index in [0.29, 0.717) is 6.42 Å². The van der Waals surface area contributed by atoms with Crippen LogP contribution in [-0.2, 0) is 22.0 Å². The van der Waals surface area contributed by atoms with Crippen molar-refractivity contribution in [3.8, 4) is 0 Å². The van der Waals surface area contributed by atoms with E-state index in [0.717, 1.165) is 36.3 Å². The zero-order valence-corrected chi connectivity index (χ0v) is 16.6. The van der Waals surface area contributed by atoms with E-state index in [2.05, 4.69) is 32.0 Å². The highest BCUT2D eigenvalue weighted by molar-refractivity contribution is 7.84. The van der Waals surface area contributed by atoms with Gasteiger partial charge in [0.25, 0.3) is 0 Å². The Balaban J connectivity index is 1.87. The van der Waals surface area contributed by atoms with Crippen molar-refractivity contribution in [3.05, 3.63) is 64.7 Å². The molecule has 1 saturated heterocycles. The van der Waals surface area contributed by atoms with Gasteiger partial charge in [0.15, 0.2) is 0 Å². The van der Waals surface area contributed by atoms with Gasteiger partial charge in [-0.25, -0.2) is 0 Å². The molecule has 1 amide bonds. The topological polar surface area (TPSA) is 37.4 Å². The standard InChI is InChI=1S/C22H27NO2S/c1-16-9-8-11-19(17(16)2)20-12-6-7-14-23(20)22(24)15-18-10-4-5-13-21(18)26(3)25/h4-5,8-11,13,20H,6-7,12,14-15H2,1-3H3/t20-,26+/m0/s1. The zero-order valence-electron chi connectivity index (χ0n) is 15.8. The number of piperidine rings is 1. The molecule has 1 fully saturated rings. The monoisotopic (exact) mass is 369 g/mol. The SMILES string of the molecule is Cc1cccc([C@@H]2CCCCN2C(=O)Cc2ccccc2[S@@](C)=O)c1C. The number of nitrogens with zero attached hydrogens (tertiary/aromatic N) is 1. The first kappa shape index (κ1) is 18.8. The summed E-state index contributed by atoms with van der Waals surface area (Å²) < 4.78 is 12.0. The van der Waals surface area contributed by atoms with Crippen molar-refractivity contribution in [1.29, 1.82) is 0 Å². The van der Waals surface area contributed by atoms with Gasteiger partial charge < -0.3 is 4.90 Å². The number of hydrogen-bond donors (Lipinski definition) is 0. The summed E-state index contributed by atoms with van der Waals surface area (Å²) in [6.45, 7) is 5.08. The van der Waals surface area contributed by atoms with Crippen LogP contribution in [0.5, 0.6) is 0 Å². The lowest BCUT2D eigenvalue weighted by Crippen LogP contribution is -2.39. The van der Waals surface area contributed by atoms with Crippen LogP contribution in [0.4, 0.5) is 0 Å². The maximum Gasteiger partial charge on any atom is 0.227 e. The van der Waals surface area contributed by atoms with Gasteiger partial charge in [-0.3, -0.25) is 9.00 Å². The molecule has 4 heteroatoms. The normalized spacial score (nSPS) is 18.6. The van der Waals surface area contributed by atoms with E-state index in [1.807, 2.05) is 29.2 Å². The summed E-state index contributed by atoms with van der Waals surface area (Å²) in [5, 5.41) is 0. The van der Waals surface area contributed by atoms with Gasteiger partial charge in [-0.05, 0) is 61.4 Å². The van der Waals surface area contributed by atoms with Crippen LogP contribution in [0, 0.1) is 13.8 Å². The van der Waals surface area contributed by atoms with Crippen molar-refractivity contribution in [2.45, 2.75) is 50.5 Å². The molecule has 2 atom stereocenters. The van der Waals surface area contributed by atoms with Crippen molar-refractivity contribution in [3.63, 3.8) is 0 Å². The van der Waals surface area contributed by atoms with E-state index in [9.17, 15) is 9.00 Å². The number of aryl methyl sites for hydroxylation is 1. The third kappa shape index (κ3) is 3.90.